The first kappa shape index (κ1) is 23.5. The Bertz CT molecular complexity index is 1660. The minimum Gasteiger partial charge on any atom is -0.286 e. The van der Waals surface area contributed by atoms with Gasteiger partial charge in [0.15, 0.2) is 0 Å². The van der Waals surface area contributed by atoms with Crippen LogP contribution in [0.25, 0.3) is 10.9 Å². The number of aromatic nitrogens is 6. The lowest BCUT2D eigenvalue weighted by Gasteiger charge is -2.16. The summed E-state index contributed by atoms with van der Waals surface area (Å²) in [4.78, 5) is 26.7. The molecule has 5 rings (SSSR count). The summed E-state index contributed by atoms with van der Waals surface area (Å²) >= 11 is 1.32. The van der Waals surface area contributed by atoms with E-state index in [0.717, 1.165) is 9.57 Å². The highest BCUT2D eigenvalue weighted by Gasteiger charge is 2.46. The number of rotatable bonds is 8. The normalized spacial score (nSPS) is 15.1. The molecule has 3 heterocycles. The number of aryl methyl sites for hydroxylation is 2. The van der Waals surface area contributed by atoms with Crippen LogP contribution in [-0.2, 0) is 30.2 Å². The predicted molar refractivity (Wildman–Crippen MR) is 127 cm³/mol. The summed E-state index contributed by atoms with van der Waals surface area (Å²) in [6.45, 7) is 0.998. The summed E-state index contributed by atoms with van der Waals surface area (Å²) in [6.07, 6.45) is 4.06. The third kappa shape index (κ3) is 4.44. The zero-order chi connectivity index (χ0) is 25.0. The molecule has 0 saturated heterocycles. The molecular formula is C21H22FN7O4S2. The number of nitrogens with zero attached hydrogens (tertiary/aromatic N) is 6. The van der Waals surface area contributed by atoms with E-state index in [4.69, 9.17) is 0 Å². The monoisotopic (exact) mass is 519 g/mol. The molecule has 0 amide bonds. The first-order valence-electron chi connectivity index (χ1n) is 10.7. The third-order valence-corrected chi connectivity index (χ3v) is 8.33. The number of hydrogen-bond acceptors (Lipinski definition) is 8. The van der Waals surface area contributed by atoms with Crippen molar-refractivity contribution in [2.75, 3.05) is 6.67 Å². The molecule has 4 aromatic rings. The molecule has 14 heteroatoms. The summed E-state index contributed by atoms with van der Waals surface area (Å²) in [5, 5.41) is 13.5. The van der Waals surface area contributed by atoms with Crippen LogP contribution in [0.2, 0.25) is 0 Å². The molecule has 1 aromatic carbocycles. The van der Waals surface area contributed by atoms with Crippen molar-refractivity contribution in [3.8, 4) is 0 Å². The number of hydrogen-bond donors (Lipinski definition) is 1. The van der Waals surface area contributed by atoms with Gasteiger partial charge in [-0.25, -0.2) is 22.3 Å². The summed E-state index contributed by atoms with van der Waals surface area (Å²) in [7, 11) is -2.36. The van der Waals surface area contributed by atoms with Crippen LogP contribution in [-0.4, -0.2) is 49.7 Å². The average molecular weight is 520 g/mol. The van der Waals surface area contributed by atoms with Gasteiger partial charge in [0.2, 0.25) is 10.0 Å². The molecule has 1 N–H and O–H groups in total. The fraction of sp³-hybridized carbons (Fsp3) is 0.381. The Morgan fingerprint density at radius 3 is 2.54 bits per heavy atom. The maximum atomic E-state index is 13.4. The van der Waals surface area contributed by atoms with Crippen molar-refractivity contribution < 1.29 is 12.8 Å². The van der Waals surface area contributed by atoms with Crippen molar-refractivity contribution in [2.24, 2.45) is 7.05 Å². The molecule has 0 aliphatic heterocycles. The third-order valence-electron chi connectivity index (χ3n) is 5.93. The first-order chi connectivity index (χ1) is 16.6. The Labute approximate surface area is 202 Å². The van der Waals surface area contributed by atoms with Gasteiger partial charge >= 0.3 is 5.69 Å². The fourth-order valence-electron chi connectivity index (χ4n) is 3.89. The number of halogens is 1. The van der Waals surface area contributed by atoms with Gasteiger partial charge in [0.25, 0.3) is 5.56 Å². The largest absolute Gasteiger partial charge is 0.332 e. The van der Waals surface area contributed by atoms with Crippen molar-refractivity contribution in [1.82, 2.24) is 33.8 Å². The summed E-state index contributed by atoms with van der Waals surface area (Å²) in [5.74, 6) is 0. The van der Waals surface area contributed by atoms with E-state index in [9.17, 15) is 22.4 Å². The molecular weight excluding hydrogens is 497 g/mol. The average Bonchev–Trinajstić information content (AvgIpc) is 3.26. The van der Waals surface area contributed by atoms with Crippen molar-refractivity contribution in [3.05, 3.63) is 67.0 Å². The van der Waals surface area contributed by atoms with Crippen molar-refractivity contribution >= 4 is 32.3 Å². The predicted octanol–water partition coefficient (Wildman–Crippen LogP) is 0.934. The Kier molecular flexibility index (Phi) is 5.68. The molecule has 0 atom stereocenters. The van der Waals surface area contributed by atoms with Crippen LogP contribution in [0.3, 0.4) is 0 Å². The topological polar surface area (TPSA) is 134 Å². The molecule has 11 nitrogen and oxygen atoms in total. The van der Waals surface area contributed by atoms with Crippen LogP contribution in [0.15, 0.2) is 45.1 Å². The van der Waals surface area contributed by atoms with Crippen molar-refractivity contribution in [2.45, 2.75) is 43.3 Å². The standard InChI is InChI=1S/C21H22FN7O4S2/c1-13-24-25-18(34-13)11-28-17-4-3-15(35(32,33)26-21(12-22)5-6-21)7-16(17)19(30)29(20(28)31)10-14-8-23-27(2)9-14/h3-4,7-9,26H,5-6,10-12H2,1-2H3. The maximum absolute atomic E-state index is 13.4. The molecule has 0 bridgehead atoms. The lowest BCUT2D eigenvalue weighted by Crippen LogP contribution is -2.41. The Morgan fingerprint density at radius 1 is 1.17 bits per heavy atom. The Balaban J connectivity index is 1.68. The number of alkyl halides is 1. The lowest BCUT2D eigenvalue weighted by molar-refractivity contribution is 0.393. The highest BCUT2D eigenvalue weighted by molar-refractivity contribution is 7.89. The van der Waals surface area contributed by atoms with E-state index in [-0.39, 0.29) is 28.9 Å². The number of sulfonamides is 1. The van der Waals surface area contributed by atoms with Crippen molar-refractivity contribution in [3.63, 3.8) is 0 Å². The van der Waals surface area contributed by atoms with E-state index in [1.807, 2.05) is 0 Å². The molecule has 35 heavy (non-hydrogen) atoms. The van der Waals surface area contributed by atoms with Crippen LogP contribution in [0.1, 0.15) is 28.4 Å². The highest BCUT2D eigenvalue weighted by atomic mass is 32.2. The zero-order valence-corrected chi connectivity index (χ0v) is 20.6. The van der Waals surface area contributed by atoms with Gasteiger partial charge in [-0.2, -0.15) is 5.10 Å². The van der Waals surface area contributed by atoms with Crippen LogP contribution >= 0.6 is 11.3 Å². The molecule has 1 aliphatic carbocycles. The van der Waals surface area contributed by atoms with E-state index in [0.29, 0.717) is 23.4 Å². The molecule has 0 spiro atoms. The van der Waals surface area contributed by atoms with E-state index in [1.165, 1.54) is 34.1 Å². The molecule has 0 unspecified atom stereocenters. The van der Waals surface area contributed by atoms with Gasteiger partial charge in [0.1, 0.15) is 16.7 Å². The van der Waals surface area contributed by atoms with Gasteiger partial charge in [-0.15, -0.1) is 10.2 Å². The Hall–Kier alpha value is -3.23. The van der Waals surface area contributed by atoms with Gasteiger partial charge in [-0.05, 0) is 38.0 Å². The van der Waals surface area contributed by atoms with Gasteiger partial charge in [-0.3, -0.25) is 18.6 Å². The summed E-state index contributed by atoms with van der Waals surface area (Å²) in [6, 6.07) is 3.96. The molecule has 184 valence electrons. The van der Waals surface area contributed by atoms with Crippen LogP contribution in [0.4, 0.5) is 4.39 Å². The van der Waals surface area contributed by atoms with Crippen LogP contribution < -0.4 is 16.0 Å². The second-order valence-corrected chi connectivity index (χ2v) is 11.6. The molecule has 1 saturated carbocycles. The van der Waals surface area contributed by atoms with Crippen molar-refractivity contribution in [1.29, 1.82) is 0 Å². The lowest BCUT2D eigenvalue weighted by atomic mass is 10.2. The van der Waals surface area contributed by atoms with Gasteiger partial charge in [-0.1, -0.05) is 11.3 Å². The molecule has 1 aliphatic rings. The van der Waals surface area contributed by atoms with E-state index in [2.05, 4.69) is 20.0 Å². The van der Waals surface area contributed by atoms with E-state index < -0.39 is 33.5 Å². The molecule has 3 aromatic heterocycles. The minimum absolute atomic E-state index is 0.0442. The van der Waals surface area contributed by atoms with Gasteiger partial charge in [0.05, 0.1) is 40.6 Å². The fourth-order valence-corrected chi connectivity index (χ4v) is 6.06. The van der Waals surface area contributed by atoms with Gasteiger partial charge < -0.3 is 0 Å². The number of nitrogens with one attached hydrogen (secondary N) is 1. The van der Waals surface area contributed by atoms with Crippen LogP contribution in [0.5, 0.6) is 0 Å². The van der Waals surface area contributed by atoms with Crippen LogP contribution in [0, 0.1) is 6.92 Å². The summed E-state index contributed by atoms with van der Waals surface area (Å²) < 4.78 is 45.6. The number of fused-ring (bicyclic) bond motifs is 1. The Morgan fingerprint density at radius 2 is 1.94 bits per heavy atom. The minimum atomic E-state index is -4.08. The quantitative estimate of drug-likeness (QED) is 0.366. The SMILES string of the molecule is Cc1nnc(Cn2c(=O)n(Cc3cnn(C)c3)c(=O)c3cc(S(=O)(=O)NC4(CF)CC4)ccc32)s1. The summed E-state index contributed by atoms with van der Waals surface area (Å²) in [5.41, 5.74) is -1.39. The second kappa shape index (κ2) is 8.46. The van der Waals surface area contributed by atoms with Gasteiger partial charge in [0, 0.05) is 18.8 Å². The first-order valence-corrected chi connectivity index (χ1v) is 13.0. The maximum Gasteiger partial charge on any atom is 0.332 e. The van der Waals surface area contributed by atoms with E-state index in [1.54, 1.807) is 31.0 Å². The van der Waals surface area contributed by atoms with E-state index >= 15 is 0 Å². The molecule has 0 radical (unpaired) electrons. The second-order valence-electron chi connectivity index (χ2n) is 8.70. The highest BCUT2D eigenvalue weighted by Crippen LogP contribution is 2.37. The number of benzene rings is 1. The zero-order valence-electron chi connectivity index (χ0n) is 18.9. The molecule has 1 fully saturated rings. The smallest absolute Gasteiger partial charge is 0.286 e.